The number of para-hydroxylation sites is 1. The van der Waals surface area contributed by atoms with E-state index < -0.39 is 0 Å². The Hall–Kier alpha value is -2.83. The summed E-state index contributed by atoms with van der Waals surface area (Å²) < 4.78 is 0. The van der Waals surface area contributed by atoms with Crippen LogP contribution in [0.3, 0.4) is 0 Å². The van der Waals surface area contributed by atoms with Gasteiger partial charge in [-0.05, 0) is 30.9 Å². The zero-order valence-corrected chi connectivity index (χ0v) is 16.5. The second-order valence-electron chi connectivity index (χ2n) is 7.34. The summed E-state index contributed by atoms with van der Waals surface area (Å²) in [6, 6.07) is 10.0. The van der Waals surface area contributed by atoms with Crippen LogP contribution in [0.5, 0.6) is 0 Å². The lowest BCUT2D eigenvalue weighted by Gasteiger charge is -2.35. The van der Waals surface area contributed by atoms with Gasteiger partial charge in [0.2, 0.25) is 0 Å². The fourth-order valence-electron chi connectivity index (χ4n) is 3.91. The first-order chi connectivity index (χ1) is 13.7. The van der Waals surface area contributed by atoms with Crippen LogP contribution < -0.4 is 15.1 Å². The van der Waals surface area contributed by atoms with Crippen LogP contribution >= 0.6 is 0 Å². The Morgan fingerprint density at radius 1 is 0.964 bits per heavy atom. The minimum Gasteiger partial charge on any atom is -0.356 e. The zero-order valence-electron chi connectivity index (χ0n) is 16.5. The summed E-state index contributed by atoms with van der Waals surface area (Å²) in [7, 11) is 0. The highest BCUT2D eigenvalue weighted by Gasteiger charge is 2.23. The second-order valence-corrected chi connectivity index (χ2v) is 7.34. The third kappa shape index (κ3) is 4.03. The lowest BCUT2D eigenvalue weighted by Crippen LogP contribution is -2.50. The summed E-state index contributed by atoms with van der Waals surface area (Å²) in [5.74, 6) is 1.96. The lowest BCUT2D eigenvalue weighted by molar-refractivity contribution is 0.208. The third-order valence-corrected chi connectivity index (χ3v) is 5.60. The van der Waals surface area contributed by atoms with Gasteiger partial charge in [0.15, 0.2) is 0 Å². The molecule has 2 saturated heterocycles. The summed E-state index contributed by atoms with van der Waals surface area (Å²) in [6.07, 6.45) is 5.02. The summed E-state index contributed by atoms with van der Waals surface area (Å²) in [5, 5.41) is 3.07. The fourth-order valence-corrected chi connectivity index (χ4v) is 3.91. The molecule has 1 N–H and O–H groups in total. The van der Waals surface area contributed by atoms with E-state index in [0.717, 1.165) is 55.5 Å². The van der Waals surface area contributed by atoms with Crippen LogP contribution in [0.2, 0.25) is 0 Å². The van der Waals surface area contributed by atoms with Crippen molar-refractivity contribution in [3.63, 3.8) is 0 Å². The highest BCUT2D eigenvalue weighted by atomic mass is 16.2. The van der Waals surface area contributed by atoms with Crippen molar-refractivity contribution in [2.24, 2.45) is 0 Å². The number of piperazine rings is 1. The Bertz CT molecular complexity index is 812. The standard InChI is InChI=1S/C21H28N6O/c1-2-17-7-3-4-8-18(17)24-21(28)27-13-11-26(12-14-27)20-15-19(22-16-23-20)25-9-5-6-10-25/h3-4,7-8,15-16H,2,5-6,9-14H2,1H3,(H,24,28). The summed E-state index contributed by atoms with van der Waals surface area (Å²) in [4.78, 5) is 28.0. The van der Waals surface area contributed by atoms with Gasteiger partial charge in [0, 0.05) is 51.0 Å². The average Bonchev–Trinajstić information content (AvgIpc) is 3.29. The van der Waals surface area contributed by atoms with Crippen molar-refractivity contribution in [3.8, 4) is 0 Å². The first kappa shape index (κ1) is 18.5. The molecule has 0 spiro atoms. The van der Waals surface area contributed by atoms with E-state index >= 15 is 0 Å². The van der Waals surface area contributed by atoms with Gasteiger partial charge in [-0.2, -0.15) is 0 Å². The van der Waals surface area contributed by atoms with E-state index in [1.807, 2.05) is 23.1 Å². The number of carbonyl (C=O) groups excluding carboxylic acids is 1. The average molecular weight is 380 g/mol. The number of benzene rings is 1. The summed E-state index contributed by atoms with van der Waals surface area (Å²) in [6.45, 7) is 7.17. The van der Waals surface area contributed by atoms with Crippen molar-refractivity contribution in [2.45, 2.75) is 26.2 Å². The molecule has 148 valence electrons. The molecule has 2 fully saturated rings. The SMILES string of the molecule is CCc1ccccc1NC(=O)N1CCN(c2cc(N3CCCC3)ncn2)CC1. The maximum Gasteiger partial charge on any atom is 0.321 e. The number of amides is 2. The van der Waals surface area contributed by atoms with Gasteiger partial charge in [-0.3, -0.25) is 0 Å². The van der Waals surface area contributed by atoms with Gasteiger partial charge in [-0.25, -0.2) is 14.8 Å². The molecule has 2 aliphatic heterocycles. The molecule has 0 aliphatic carbocycles. The molecule has 28 heavy (non-hydrogen) atoms. The molecule has 0 bridgehead atoms. The van der Waals surface area contributed by atoms with E-state index in [0.29, 0.717) is 13.1 Å². The van der Waals surface area contributed by atoms with Crippen molar-refractivity contribution in [1.82, 2.24) is 14.9 Å². The van der Waals surface area contributed by atoms with Gasteiger partial charge in [-0.15, -0.1) is 0 Å². The molecule has 2 amide bonds. The molecule has 7 heteroatoms. The molecule has 0 atom stereocenters. The Morgan fingerprint density at radius 3 is 2.29 bits per heavy atom. The normalized spacial score (nSPS) is 17.1. The van der Waals surface area contributed by atoms with E-state index in [-0.39, 0.29) is 6.03 Å². The predicted octanol–water partition coefficient (Wildman–Crippen LogP) is 2.99. The number of rotatable bonds is 4. The number of aryl methyl sites for hydroxylation is 1. The van der Waals surface area contributed by atoms with Gasteiger partial charge in [0.05, 0.1) is 0 Å². The van der Waals surface area contributed by atoms with Crippen molar-refractivity contribution < 1.29 is 4.79 Å². The Labute approximate surface area is 166 Å². The lowest BCUT2D eigenvalue weighted by atomic mass is 10.1. The maximum absolute atomic E-state index is 12.7. The molecule has 2 aromatic rings. The Kier molecular flexibility index (Phi) is 5.60. The van der Waals surface area contributed by atoms with Gasteiger partial charge >= 0.3 is 6.03 Å². The first-order valence-electron chi connectivity index (χ1n) is 10.2. The molecule has 1 aromatic heterocycles. The van der Waals surface area contributed by atoms with Crippen LogP contribution in [-0.4, -0.2) is 60.2 Å². The molecule has 0 radical (unpaired) electrons. The number of nitrogens with zero attached hydrogens (tertiary/aromatic N) is 5. The highest BCUT2D eigenvalue weighted by molar-refractivity contribution is 5.90. The van der Waals surface area contributed by atoms with Crippen molar-refractivity contribution in [3.05, 3.63) is 42.2 Å². The summed E-state index contributed by atoms with van der Waals surface area (Å²) in [5.41, 5.74) is 2.06. The van der Waals surface area contributed by atoms with Gasteiger partial charge in [0.25, 0.3) is 0 Å². The van der Waals surface area contributed by atoms with Crippen LogP contribution in [0.25, 0.3) is 0 Å². The van der Waals surface area contributed by atoms with Crippen LogP contribution in [0, 0.1) is 0 Å². The van der Waals surface area contributed by atoms with Crippen molar-refractivity contribution >= 4 is 23.4 Å². The molecule has 1 aromatic carbocycles. The predicted molar refractivity (Wildman–Crippen MR) is 112 cm³/mol. The molecular formula is C21H28N6O. The molecular weight excluding hydrogens is 352 g/mol. The number of hydrogen-bond acceptors (Lipinski definition) is 5. The molecule has 3 heterocycles. The van der Waals surface area contributed by atoms with Crippen LogP contribution in [0.1, 0.15) is 25.3 Å². The minimum atomic E-state index is -0.0269. The number of carbonyl (C=O) groups is 1. The topological polar surface area (TPSA) is 64.6 Å². The van der Waals surface area contributed by atoms with E-state index in [2.05, 4.69) is 44.1 Å². The monoisotopic (exact) mass is 380 g/mol. The minimum absolute atomic E-state index is 0.0269. The Morgan fingerprint density at radius 2 is 1.61 bits per heavy atom. The number of hydrogen-bond donors (Lipinski definition) is 1. The van der Waals surface area contributed by atoms with E-state index in [1.54, 1.807) is 6.33 Å². The largest absolute Gasteiger partial charge is 0.356 e. The quantitative estimate of drug-likeness (QED) is 0.883. The highest BCUT2D eigenvalue weighted by Crippen LogP contribution is 2.22. The number of urea groups is 1. The van der Waals surface area contributed by atoms with E-state index in [9.17, 15) is 4.79 Å². The van der Waals surface area contributed by atoms with Crippen molar-refractivity contribution in [2.75, 3.05) is 54.4 Å². The smallest absolute Gasteiger partial charge is 0.321 e. The Balaban J connectivity index is 1.35. The number of anilines is 3. The second kappa shape index (κ2) is 8.46. The van der Waals surface area contributed by atoms with Gasteiger partial charge in [-0.1, -0.05) is 25.1 Å². The molecule has 0 saturated carbocycles. The zero-order chi connectivity index (χ0) is 19.3. The molecule has 0 unspecified atom stereocenters. The van der Waals surface area contributed by atoms with E-state index in [4.69, 9.17) is 0 Å². The summed E-state index contributed by atoms with van der Waals surface area (Å²) >= 11 is 0. The van der Waals surface area contributed by atoms with Gasteiger partial charge in [0.1, 0.15) is 18.0 Å². The first-order valence-corrected chi connectivity index (χ1v) is 10.2. The van der Waals surface area contributed by atoms with E-state index in [1.165, 1.54) is 12.8 Å². The third-order valence-electron chi connectivity index (χ3n) is 5.60. The molecule has 4 rings (SSSR count). The molecule has 7 nitrogen and oxygen atoms in total. The van der Waals surface area contributed by atoms with Gasteiger partial charge < -0.3 is 20.0 Å². The fraction of sp³-hybridized carbons (Fsp3) is 0.476. The number of aromatic nitrogens is 2. The number of nitrogens with one attached hydrogen (secondary N) is 1. The maximum atomic E-state index is 12.7. The molecule has 2 aliphatic rings. The van der Waals surface area contributed by atoms with Crippen molar-refractivity contribution in [1.29, 1.82) is 0 Å². The van der Waals surface area contributed by atoms with Crippen LogP contribution in [-0.2, 0) is 6.42 Å². The van der Waals surface area contributed by atoms with Crippen LogP contribution in [0.15, 0.2) is 36.7 Å². The van der Waals surface area contributed by atoms with Crippen LogP contribution in [0.4, 0.5) is 22.1 Å².